The fourth-order valence-corrected chi connectivity index (χ4v) is 4.85. The molecule has 3 nitrogen and oxygen atoms in total. The molecule has 0 spiro atoms. The molecular weight excluding hydrogens is 597 g/mol. The van der Waals surface area contributed by atoms with Gasteiger partial charge in [-0.3, -0.25) is 4.79 Å². The molecule has 0 atom stereocenters. The van der Waals surface area contributed by atoms with Crippen molar-refractivity contribution in [3.8, 4) is 27.8 Å². The molecule has 2 aromatic carbocycles. The highest BCUT2D eigenvalue weighted by molar-refractivity contribution is 7.14. The number of pyridine rings is 1. The van der Waals surface area contributed by atoms with Gasteiger partial charge in [-0.2, -0.15) is 44.8 Å². The Hall–Kier alpha value is -4.19. The SMILES string of the molecule is N#Cc1c(C(F)(F)F)cc(-c2cc(-c3cc(C(F)(F)F)cc(C(F)(F)F)c3)cs2)n(Cc2ccc(F)cc2F)c1=O. The third kappa shape index (κ3) is 6.12. The molecule has 4 rings (SSSR count). The van der Waals surface area contributed by atoms with E-state index < -0.39 is 75.8 Å². The summed E-state index contributed by atoms with van der Waals surface area (Å²) < 4.78 is 149. The van der Waals surface area contributed by atoms with Gasteiger partial charge in [0.05, 0.1) is 33.8 Å². The zero-order chi connectivity index (χ0) is 30.5. The second-order valence-electron chi connectivity index (χ2n) is 8.55. The van der Waals surface area contributed by atoms with Gasteiger partial charge in [-0.1, -0.05) is 6.07 Å². The van der Waals surface area contributed by atoms with Gasteiger partial charge in [0.2, 0.25) is 0 Å². The molecule has 0 N–H and O–H groups in total. The second-order valence-corrected chi connectivity index (χ2v) is 9.46. The number of nitrogens with zero attached hydrogens (tertiary/aromatic N) is 2. The first kappa shape index (κ1) is 29.8. The minimum atomic E-state index is -5.22. The van der Waals surface area contributed by atoms with Gasteiger partial charge >= 0.3 is 18.5 Å². The summed E-state index contributed by atoms with van der Waals surface area (Å²) in [6, 6.07) is 5.42. The van der Waals surface area contributed by atoms with Crippen LogP contribution >= 0.6 is 11.3 Å². The van der Waals surface area contributed by atoms with E-state index >= 15 is 0 Å². The van der Waals surface area contributed by atoms with Crippen molar-refractivity contribution in [2.24, 2.45) is 0 Å². The summed E-state index contributed by atoms with van der Waals surface area (Å²) in [7, 11) is 0. The van der Waals surface area contributed by atoms with Crippen LogP contribution in [0.15, 0.2) is 58.7 Å². The van der Waals surface area contributed by atoms with Crippen LogP contribution in [0.25, 0.3) is 21.7 Å². The molecule has 41 heavy (non-hydrogen) atoms. The summed E-state index contributed by atoms with van der Waals surface area (Å²) >= 11 is 0.571. The Bertz CT molecular complexity index is 1710. The van der Waals surface area contributed by atoms with Crippen LogP contribution in [-0.4, -0.2) is 4.57 Å². The van der Waals surface area contributed by atoms with E-state index in [1.165, 1.54) is 0 Å². The molecule has 0 saturated carbocycles. The number of halogens is 11. The van der Waals surface area contributed by atoms with Crippen LogP contribution in [0.2, 0.25) is 0 Å². The fourth-order valence-electron chi connectivity index (χ4n) is 3.90. The van der Waals surface area contributed by atoms with E-state index in [9.17, 15) is 58.4 Å². The van der Waals surface area contributed by atoms with Crippen LogP contribution in [0.4, 0.5) is 48.3 Å². The Kier molecular flexibility index (Phi) is 7.50. The van der Waals surface area contributed by atoms with Gasteiger partial charge in [0.1, 0.15) is 23.3 Å². The van der Waals surface area contributed by atoms with E-state index in [-0.39, 0.29) is 22.1 Å². The molecule has 4 aromatic rings. The molecule has 0 radical (unpaired) electrons. The van der Waals surface area contributed by atoms with Crippen molar-refractivity contribution >= 4 is 11.3 Å². The minimum Gasteiger partial charge on any atom is -0.302 e. The average Bonchev–Trinajstić information content (AvgIpc) is 3.34. The highest BCUT2D eigenvalue weighted by Crippen LogP contribution is 2.41. The number of nitriles is 1. The largest absolute Gasteiger partial charge is 0.417 e. The molecular formula is C26H11F11N2OS. The quantitative estimate of drug-likeness (QED) is 0.218. The molecule has 0 unspecified atom stereocenters. The maximum atomic E-state index is 14.4. The summed E-state index contributed by atoms with van der Waals surface area (Å²) in [4.78, 5) is 12.8. The molecule has 0 amide bonds. The molecule has 0 fully saturated rings. The van der Waals surface area contributed by atoms with Crippen molar-refractivity contribution in [3.63, 3.8) is 0 Å². The zero-order valence-corrected chi connectivity index (χ0v) is 20.6. The number of thiophene rings is 1. The Labute approximate surface area is 226 Å². The van der Waals surface area contributed by atoms with Crippen molar-refractivity contribution in [2.45, 2.75) is 25.1 Å². The lowest BCUT2D eigenvalue weighted by Gasteiger charge is -2.17. The van der Waals surface area contributed by atoms with Gasteiger partial charge in [-0.15, -0.1) is 11.3 Å². The number of hydrogen-bond acceptors (Lipinski definition) is 3. The van der Waals surface area contributed by atoms with E-state index in [0.29, 0.717) is 40.2 Å². The molecule has 15 heteroatoms. The smallest absolute Gasteiger partial charge is 0.302 e. The van der Waals surface area contributed by atoms with Crippen molar-refractivity contribution in [1.82, 2.24) is 4.57 Å². The first-order chi connectivity index (χ1) is 18.9. The number of aromatic nitrogens is 1. The topological polar surface area (TPSA) is 45.8 Å². The zero-order valence-electron chi connectivity index (χ0n) is 19.8. The van der Waals surface area contributed by atoms with Crippen LogP contribution in [0.1, 0.15) is 27.8 Å². The second kappa shape index (κ2) is 10.3. The Morgan fingerprint density at radius 1 is 0.780 bits per heavy atom. The molecule has 2 heterocycles. The van der Waals surface area contributed by atoms with E-state index in [1.807, 2.05) is 0 Å². The predicted molar refractivity (Wildman–Crippen MR) is 125 cm³/mol. The minimum absolute atomic E-state index is 0.0953. The van der Waals surface area contributed by atoms with E-state index in [1.54, 1.807) is 0 Å². The summed E-state index contributed by atoms with van der Waals surface area (Å²) in [5, 5.41) is 10.3. The number of benzene rings is 2. The Balaban J connectivity index is 1.95. The van der Waals surface area contributed by atoms with Gasteiger partial charge in [0.25, 0.3) is 5.56 Å². The Morgan fingerprint density at radius 3 is 1.90 bits per heavy atom. The van der Waals surface area contributed by atoms with Crippen LogP contribution in [0.3, 0.4) is 0 Å². The fraction of sp³-hybridized carbons (Fsp3) is 0.154. The van der Waals surface area contributed by atoms with E-state index in [2.05, 4.69) is 0 Å². The highest BCUT2D eigenvalue weighted by Gasteiger charge is 2.38. The molecule has 0 aliphatic heterocycles. The van der Waals surface area contributed by atoms with Crippen molar-refractivity contribution in [2.75, 3.05) is 0 Å². The van der Waals surface area contributed by atoms with E-state index in [4.69, 9.17) is 0 Å². The Morgan fingerprint density at radius 2 is 1.39 bits per heavy atom. The lowest BCUT2D eigenvalue weighted by atomic mass is 10.0. The predicted octanol–water partition coefficient (Wildman–Crippen LogP) is 8.50. The lowest BCUT2D eigenvalue weighted by molar-refractivity contribution is -0.143. The molecule has 214 valence electrons. The van der Waals surface area contributed by atoms with Crippen LogP contribution in [-0.2, 0) is 25.1 Å². The number of rotatable bonds is 4. The van der Waals surface area contributed by atoms with Crippen molar-refractivity contribution < 1.29 is 48.3 Å². The normalized spacial score (nSPS) is 12.4. The summed E-state index contributed by atoms with van der Waals surface area (Å²) in [6.07, 6.45) is -15.5. The number of hydrogen-bond donors (Lipinski definition) is 0. The monoisotopic (exact) mass is 608 g/mol. The van der Waals surface area contributed by atoms with E-state index in [0.717, 1.165) is 29.6 Å². The van der Waals surface area contributed by atoms with Crippen molar-refractivity contribution in [1.29, 1.82) is 5.26 Å². The van der Waals surface area contributed by atoms with Crippen molar-refractivity contribution in [3.05, 3.63) is 104 Å². The maximum absolute atomic E-state index is 14.4. The maximum Gasteiger partial charge on any atom is 0.417 e. The van der Waals surface area contributed by atoms with Crippen LogP contribution in [0, 0.1) is 23.0 Å². The first-order valence-electron chi connectivity index (χ1n) is 11.0. The summed E-state index contributed by atoms with van der Waals surface area (Å²) in [6.45, 7) is -0.790. The highest BCUT2D eigenvalue weighted by atomic mass is 32.1. The van der Waals surface area contributed by atoms with Gasteiger partial charge < -0.3 is 4.57 Å². The molecule has 0 aliphatic carbocycles. The standard InChI is InChI=1S/C26H11F11N2OS/c27-17-2-1-12(20(28)7-17)10-39-21(8-19(26(35,36)37)18(9-38)23(39)40)22-5-14(11-41-22)13-3-15(24(29,30)31)6-16(4-13)25(32,33)34/h1-8,11H,10H2. The van der Waals surface area contributed by atoms with Crippen LogP contribution in [0.5, 0.6) is 0 Å². The summed E-state index contributed by atoms with van der Waals surface area (Å²) in [5.74, 6) is -2.16. The molecule has 0 bridgehead atoms. The van der Waals surface area contributed by atoms with Gasteiger partial charge in [-0.05, 0) is 52.9 Å². The third-order valence-corrected chi connectivity index (χ3v) is 6.79. The van der Waals surface area contributed by atoms with Gasteiger partial charge in [0, 0.05) is 11.6 Å². The lowest BCUT2D eigenvalue weighted by Crippen LogP contribution is -2.28. The summed E-state index contributed by atoms with van der Waals surface area (Å²) in [5.41, 5.74) is -9.52. The molecule has 0 saturated heterocycles. The molecule has 2 aromatic heterocycles. The van der Waals surface area contributed by atoms with Crippen LogP contribution < -0.4 is 5.56 Å². The first-order valence-corrected chi connectivity index (χ1v) is 11.9. The third-order valence-electron chi connectivity index (χ3n) is 5.83. The van der Waals surface area contributed by atoms with Gasteiger partial charge in [0.15, 0.2) is 0 Å². The average molecular weight is 608 g/mol. The molecule has 0 aliphatic rings. The van der Waals surface area contributed by atoms with Gasteiger partial charge in [-0.25, -0.2) is 8.78 Å². The number of alkyl halides is 9.